The van der Waals surface area contributed by atoms with Gasteiger partial charge in [0.05, 0.1) is 0 Å². The van der Waals surface area contributed by atoms with E-state index in [1.165, 1.54) is 23.3 Å². The first-order valence-electron chi connectivity index (χ1n) is 8.49. The molecule has 0 aromatic heterocycles. The summed E-state index contributed by atoms with van der Waals surface area (Å²) in [4.78, 5) is 0. The first kappa shape index (κ1) is 17.3. The fourth-order valence-electron chi connectivity index (χ4n) is 3.01. The van der Waals surface area contributed by atoms with E-state index >= 15 is 0 Å². The molecule has 3 heteroatoms. The average Bonchev–Trinajstić information content (AvgIpc) is 2.64. The first-order chi connectivity index (χ1) is 12.1. The van der Waals surface area contributed by atoms with E-state index in [4.69, 9.17) is 0 Å². The number of hydrogen-bond acceptors (Lipinski definition) is 1. The van der Waals surface area contributed by atoms with Crippen LogP contribution in [-0.4, -0.2) is 11.7 Å². The smallest absolute Gasteiger partial charge is 0.163 e. The maximum Gasteiger partial charge on any atom is 0.163 e. The molecule has 3 aromatic carbocycles. The minimum absolute atomic E-state index is 0.303. The Balaban J connectivity index is 1.81. The number of benzene rings is 3. The Bertz CT molecular complexity index is 800. The standard InChI is InChI=1S/C22H22FNO/c1-17-7-9-18(10-8-17)15-24-16-22(25,19-5-3-2-4-6-19)20-11-13-21(23)14-12-20/h2-14,24-25H,15-16H2,1H3/p+1/t22-/m0/s1. The Hall–Kier alpha value is -2.49. The van der Waals surface area contributed by atoms with Gasteiger partial charge in [-0.05, 0) is 30.2 Å². The highest BCUT2D eigenvalue weighted by Gasteiger charge is 2.33. The predicted molar refractivity (Wildman–Crippen MR) is 97.5 cm³/mol. The minimum atomic E-state index is -1.17. The molecule has 0 aliphatic heterocycles. The van der Waals surface area contributed by atoms with Crippen molar-refractivity contribution in [3.8, 4) is 0 Å². The third-order valence-electron chi connectivity index (χ3n) is 4.51. The summed E-state index contributed by atoms with van der Waals surface area (Å²) in [6.45, 7) is 3.29. The summed E-state index contributed by atoms with van der Waals surface area (Å²) >= 11 is 0. The Kier molecular flexibility index (Phi) is 5.27. The molecule has 0 aliphatic rings. The van der Waals surface area contributed by atoms with Gasteiger partial charge in [0.2, 0.25) is 0 Å². The molecule has 0 bridgehead atoms. The molecule has 0 saturated carbocycles. The van der Waals surface area contributed by atoms with E-state index < -0.39 is 5.60 Å². The van der Waals surface area contributed by atoms with Crippen LogP contribution < -0.4 is 5.32 Å². The molecule has 0 unspecified atom stereocenters. The van der Waals surface area contributed by atoms with Crippen LogP contribution in [-0.2, 0) is 12.1 Å². The molecule has 3 N–H and O–H groups in total. The van der Waals surface area contributed by atoms with Crippen molar-refractivity contribution in [3.05, 3.63) is 107 Å². The lowest BCUT2D eigenvalue weighted by atomic mass is 9.86. The molecule has 128 valence electrons. The number of nitrogens with two attached hydrogens (primary N) is 1. The molecule has 3 aromatic rings. The summed E-state index contributed by atoms with van der Waals surface area (Å²) in [5, 5.41) is 13.5. The Morgan fingerprint density at radius 1 is 0.840 bits per heavy atom. The number of hydrogen-bond donors (Lipinski definition) is 2. The maximum absolute atomic E-state index is 13.3. The van der Waals surface area contributed by atoms with Crippen LogP contribution >= 0.6 is 0 Å². The molecule has 2 nitrogen and oxygen atoms in total. The molecule has 25 heavy (non-hydrogen) atoms. The van der Waals surface area contributed by atoms with E-state index in [0.717, 1.165) is 12.1 Å². The molecule has 0 heterocycles. The molecule has 0 fully saturated rings. The van der Waals surface area contributed by atoms with E-state index in [0.29, 0.717) is 12.1 Å². The molecular weight excluding hydrogens is 313 g/mol. The van der Waals surface area contributed by atoms with Crippen LogP contribution in [0, 0.1) is 12.7 Å². The van der Waals surface area contributed by atoms with Crippen LogP contribution in [0.5, 0.6) is 0 Å². The summed E-state index contributed by atoms with van der Waals surface area (Å²) in [5.41, 5.74) is 2.78. The molecule has 0 radical (unpaired) electrons. The Morgan fingerprint density at radius 2 is 1.44 bits per heavy atom. The van der Waals surface area contributed by atoms with Gasteiger partial charge in [0, 0.05) is 5.56 Å². The largest absolute Gasteiger partial charge is 0.375 e. The Labute approximate surface area is 148 Å². The van der Waals surface area contributed by atoms with Gasteiger partial charge in [-0.1, -0.05) is 72.3 Å². The van der Waals surface area contributed by atoms with Gasteiger partial charge in [0.1, 0.15) is 18.9 Å². The summed E-state index contributed by atoms with van der Waals surface area (Å²) in [5.74, 6) is -0.303. The van der Waals surface area contributed by atoms with Crippen molar-refractivity contribution >= 4 is 0 Å². The topological polar surface area (TPSA) is 36.8 Å². The van der Waals surface area contributed by atoms with Gasteiger partial charge in [-0.3, -0.25) is 0 Å². The second kappa shape index (κ2) is 7.60. The van der Waals surface area contributed by atoms with Crippen LogP contribution in [0.25, 0.3) is 0 Å². The van der Waals surface area contributed by atoms with E-state index in [9.17, 15) is 9.50 Å². The zero-order valence-electron chi connectivity index (χ0n) is 14.3. The van der Waals surface area contributed by atoms with Gasteiger partial charge in [0.15, 0.2) is 5.60 Å². The van der Waals surface area contributed by atoms with Gasteiger partial charge in [-0.15, -0.1) is 0 Å². The fraction of sp³-hybridized carbons (Fsp3) is 0.182. The lowest BCUT2D eigenvalue weighted by Gasteiger charge is -2.27. The highest BCUT2D eigenvalue weighted by atomic mass is 19.1. The number of quaternary nitrogens is 1. The second-order valence-electron chi connectivity index (χ2n) is 6.42. The SMILES string of the molecule is Cc1ccc(C[NH2+]C[C@](O)(c2ccccc2)c2ccc(F)cc2)cc1. The zero-order valence-corrected chi connectivity index (χ0v) is 14.3. The zero-order chi connectivity index (χ0) is 17.7. The molecule has 3 rings (SSSR count). The van der Waals surface area contributed by atoms with Crippen LogP contribution in [0.1, 0.15) is 22.3 Å². The van der Waals surface area contributed by atoms with Crippen molar-refractivity contribution in [1.29, 1.82) is 0 Å². The molecule has 0 aliphatic carbocycles. The van der Waals surface area contributed by atoms with E-state index in [-0.39, 0.29) is 5.82 Å². The van der Waals surface area contributed by atoms with Crippen molar-refractivity contribution in [2.75, 3.05) is 6.54 Å². The summed E-state index contributed by atoms with van der Waals surface area (Å²) in [7, 11) is 0. The number of aliphatic hydroxyl groups is 1. The first-order valence-corrected chi connectivity index (χ1v) is 8.49. The minimum Gasteiger partial charge on any atom is -0.375 e. The maximum atomic E-state index is 13.3. The van der Waals surface area contributed by atoms with Crippen molar-refractivity contribution in [1.82, 2.24) is 0 Å². The van der Waals surface area contributed by atoms with Gasteiger partial charge < -0.3 is 10.4 Å². The van der Waals surface area contributed by atoms with Crippen LogP contribution in [0.2, 0.25) is 0 Å². The highest BCUT2D eigenvalue weighted by Crippen LogP contribution is 2.28. The van der Waals surface area contributed by atoms with Crippen LogP contribution in [0.4, 0.5) is 4.39 Å². The van der Waals surface area contributed by atoms with E-state index in [1.54, 1.807) is 12.1 Å². The van der Waals surface area contributed by atoms with Crippen LogP contribution in [0.3, 0.4) is 0 Å². The number of rotatable bonds is 6. The molecule has 0 saturated heterocycles. The van der Waals surface area contributed by atoms with E-state index in [1.807, 2.05) is 30.3 Å². The predicted octanol–water partition coefficient (Wildman–Crippen LogP) is 3.13. The van der Waals surface area contributed by atoms with Crippen molar-refractivity contribution in [2.24, 2.45) is 0 Å². The van der Waals surface area contributed by atoms with Gasteiger partial charge in [0.25, 0.3) is 0 Å². The molecule has 1 atom stereocenters. The quantitative estimate of drug-likeness (QED) is 0.713. The van der Waals surface area contributed by atoms with Crippen LogP contribution in [0.15, 0.2) is 78.9 Å². The monoisotopic (exact) mass is 336 g/mol. The lowest BCUT2D eigenvalue weighted by Crippen LogP contribution is -2.86. The summed E-state index contributed by atoms with van der Waals surface area (Å²) < 4.78 is 13.3. The van der Waals surface area contributed by atoms with Gasteiger partial charge >= 0.3 is 0 Å². The molecular formula is C22H23FNO+. The molecule has 0 spiro atoms. The highest BCUT2D eigenvalue weighted by molar-refractivity contribution is 5.36. The third-order valence-corrected chi connectivity index (χ3v) is 4.51. The van der Waals surface area contributed by atoms with Crippen molar-refractivity contribution in [2.45, 2.75) is 19.1 Å². The van der Waals surface area contributed by atoms with Crippen molar-refractivity contribution in [3.63, 3.8) is 0 Å². The number of halogens is 1. The summed E-state index contributed by atoms with van der Waals surface area (Å²) in [6, 6.07) is 24.0. The van der Waals surface area contributed by atoms with Crippen molar-refractivity contribution < 1.29 is 14.8 Å². The average molecular weight is 336 g/mol. The van der Waals surface area contributed by atoms with Gasteiger partial charge in [-0.25, -0.2) is 4.39 Å². The van der Waals surface area contributed by atoms with E-state index in [2.05, 4.69) is 36.5 Å². The normalized spacial score (nSPS) is 13.4. The molecule has 0 amide bonds. The third kappa shape index (κ3) is 4.13. The fourth-order valence-corrected chi connectivity index (χ4v) is 3.01. The lowest BCUT2D eigenvalue weighted by molar-refractivity contribution is -0.682. The Morgan fingerprint density at radius 3 is 2.08 bits per heavy atom. The summed E-state index contributed by atoms with van der Waals surface area (Å²) in [6.07, 6.45) is 0. The second-order valence-corrected chi connectivity index (χ2v) is 6.42. The number of aryl methyl sites for hydroxylation is 1. The van der Waals surface area contributed by atoms with Gasteiger partial charge in [-0.2, -0.15) is 0 Å².